The second-order valence-corrected chi connectivity index (χ2v) is 5.91. The van der Waals surface area contributed by atoms with E-state index in [1.165, 1.54) is 6.07 Å². The molecule has 0 bridgehead atoms. The Morgan fingerprint density at radius 3 is 2.89 bits per heavy atom. The minimum absolute atomic E-state index is 0.133. The van der Waals surface area contributed by atoms with E-state index in [0.29, 0.717) is 22.5 Å². The molecule has 1 saturated carbocycles. The van der Waals surface area contributed by atoms with Crippen molar-refractivity contribution in [2.75, 3.05) is 6.54 Å². The third-order valence-electron chi connectivity index (χ3n) is 3.51. The van der Waals surface area contributed by atoms with Crippen molar-refractivity contribution in [3.63, 3.8) is 0 Å². The summed E-state index contributed by atoms with van der Waals surface area (Å²) in [6.45, 7) is 1.28. The number of hydrogen-bond acceptors (Lipinski definition) is 4. The van der Waals surface area contributed by atoms with Gasteiger partial charge in [-0.05, 0) is 43.9 Å². The molecule has 0 spiro atoms. The summed E-state index contributed by atoms with van der Waals surface area (Å²) in [7, 11) is 0. The van der Waals surface area contributed by atoms with Crippen molar-refractivity contribution >= 4 is 21.6 Å². The normalized spacial score (nSPS) is 22.6. The van der Waals surface area contributed by atoms with E-state index in [2.05, 4.69) is 21.2 Å². The van der Waals surface area contributed by atoms with Gasteiger partial charge in [0.25, 0.3) is 5.69 Å². The van der Waals surface area contributed by atoms with E-state index < -0.39 is 0 Å². The van der Waals surface area contributed by atoms with Crippen molar-refractivity contribution in [1.82, 2.24) is 5.32 Å². The third-order valence-corrected chi connectivity index (χ3v) is 4.00. The van der Waals surface area contributed by atoms with E-state index in [-0.39, 0.29) is 16.7 Å². The number of nitro benzene ring substituents is 1. The summed E-state index contributed by atoms with van der Waals surface area (Å²) in [6, 6.07) is 5.10. The maximum absolute atomic E-state index is 11.0. The molecule has 2 N–H and O–H groups in total. The molecule has 1 aromatic carbocycles. The predicted molar refractivity (Wildman–Crippen MR) is 75.9 cm³/mol. The average Bonchev–Trinajstić information content (AvgIpc) is 2.77. The van der Waals surface area contributed by atoms with Crippen molar-refractivity contribution < 1.29 is 10.0 Å². The van der Waals surface area contributed by atoms with Crippen molar-refractivity contribution in [1.29, 1.82) is 0 Å². The number of rotatable bonds is 5. The summed E-state index contributed by atoms with van der Waals surface area (Å²) >= 11 is 3.24. The number of hydrogen-bond donors (Lipinski definition) is 2. The first-order chi connectivity index (χ1) is 9.06. The maximum Gasteiger partial charge on any atom is 0.275 e. The van der Waals surface area contributed by atoms with Gasteiger partial charge < -0.3 is 10.4 Å². The lowest BCUT2D eigenvalue weighted by Gasteiger charge is -2.11. The summed E-state index contributed by atoms with van der Waals surface area (Å²) in [5.74, 6) is 0.476. The maximum atomic E-state index is 11.0. The van der Waals surface area contributed by atoms with Gasteiger partial charge in [0.1, 0.15) is 0 Å². The zero-order valence-electron chi connectivity index (χ0n) is 10.5. The van der Waals surface area contributed by atoms with Crippen LogP contribution < -0.4 is 5.32 Å². The Morgan fingerprint density at radius 1 is 1.47 bits per heavy atom. The van der Waals surface area contributed by atoms with Crippen molar-refractivity contribution in [3.8, 4) is 0 Å². The molecule has 2 unspecified atom stereocenters. The summed E-state index contributed by atoms with van der Waals surface area (Å²) in [5.41, 5.74) is 0.820. The van der Waals surface area contributed by atoms with Crippen LogP contribution in [0, 0.1) is 16.0 Å². The van der Waals surface area contributed by atoms with Gasteiger partial charge in [0.2, 0.25) is 0 Å². The lowest BCUT2D eigenvalue weighted by atomic mass is 10.1. The van der Waals surface area contributed by atoms with Gasteiger partial charge in [-0.15, -0.1) is 0 Å². The Balaban J connectivity index is 1.90. The smallest absolute Gasteiger partial charge is 0.275 e. The number of aliphatic hydroxyl groups excluding tert-OH is 1. The third kappa shape index (κ3) is 3.99. The van der Waals surface area contributed by atoms with Gasteiger partial charge >= 0.3 is 0 Å². The zero-order valence-corrected chi connectivity index (χ0v) is 12.1. The van der Waals surface area contributed by atoms with Crippen LogP contribution in [0.2, 0.25) is 0 Å². The van der Waals surface area contributed by atoms with Gasteiger partial charge in [0.05, 0.1) is 11.0 Å². The van der Waals surface area contributed by atoms with Crippen LogP contribution in [0.3, 0.4) is 0 Å². The zero-order chi connectivity index (χ0) is 13.8. The molecule has 1 aliphatic carbocycles. The van der Waals surface area contributed by atoms with Crippen LogP contribution in [-0.2, 0) is 6.54 Å². The van der Waals surface area contributed by atoms with Crippen molar-refractivity contribution in [3.05, 3.63) is 38.3 Å². The Kier molecular flexibility index (Phi) is 4.90. The highest BCUT2D eigenvalue weighted by atomic mass is 79.9. The SMILES string of the molecule is O=[N+]([O-])c1cc(Br)ccc1CNCC1CCC(O)C1. The second kappa shape index (κ2) is 6.45. The minimum atomic E-state index is -0.360. The first-order valence-corrected chi connectivity index (χ1v) is 7.17. The first kappa shape index (κ1) is 14.4. The molecule has 0 amide bonds. The molecule has 0 saturated heterocycles. The second-order valence-electron chi connectivity index (χ2n) is 4.99. The van der Waals surface area contributed by atoms with E-state index in [1.54, 1.807) is 6.07 Å². The molecule has 0 aliphatic heterocycles. The van der Waals surface area contributed by atoms with Gasteiger partial charge in [-0.1, -0.05) is 15.9 Å². The fraction of sp³-hybridized carbons (Fsp3) is 0.538. The quantitative estimate of drug-likeness (QED) is 0.643. The number of nitrogens with one attached hydrogen (secondary N) is 1. The van der Waals surface area contributed by atoms with Gasteiger partial charge in [-0.2, -0.15) is 0 Å². The fourth-order valence-corrected chi connectivity index (χ4v) is 2.85. The van der Waals surface area contributed by atoms with Crippen LogP contribution in [0.25, 0.3) is 0 Å². The van der Waals surface area contributed by atoms with Crippen LogP contribution >= 0.6 is 15.9 Å². The highest BCUT2D eigenvalue weighted by molar-refractivity contribution is 9.10. The highest BCUT2D eigenvalue weighted by Gasteiger charge is 2.22. The molecule has 6 heteroatoms. The molecule has 2 rings (SSSR count). The van der Waals surface area contributed by atoms with Gasteiger partial charge in [-0.3, -0.25) is 10.1 Å². The number of benzene rings is 1. The van der Waals surface area contributed by atoms with Crippen LogP contribution in [-0.4, -0.2) is 22.7 Å². The van der Waals surface area contributed by atoms with E-state index in [4.69, 9.17) is 0 Å². The average molecular weight is 329 g/mol. The molecule has 1 fully saturated rings. The van der Waals surface area contributed by atoms with Crippen molar-refractivity contribution in [2.24, 2.45) is 5.92 Å². The van der Waals surface area contributed by atoms with E-state index in [9.17, 15) is 15.2 Å². The molecular weight excluding hydrogens is 312 g/mol. The molecule has 0 radical (unpaired) electrons. The summed E-state index contributed by atoms with van der Waals surface area (Å²) in [4.78, 5) is 10.6. The first-order valence-electron chi connectivity index (χ1n) is 6.38. The molecule has 5 nitrogen and oxygen atoms in total. The Bertz CT molecular complexity index is 467. The molecule has 1 aliphatic rings. The fourth-order valence-electron chi connectivity index (χ4n) is 2.50. The van der Waals surface area contributed by atoms with Crippen molar-refractivity contribution in [2.45, 2.75) is 31.9 Å². The van der Waals surface area contributed by atoms with E-state index in [1.807, 2.05) is 6.07 Å². The molecule has 1 aromatic rings. The lowest BCUT2D eigenvalue weighted by Crippen LogP contribution is -2.21. The van der Waals surface area contributed by atoms with Gasteiger partial charge in [0, 0.05) is 22.6 Å². The number of nitro groups is 1. The summed E-state index contributed by atoms with van der Waals surface area (Å²) < 4.78 is 0.710. The molecule has 0 heterocycles. The van der Waals surface area contributed by atoms with E-state index >= 15 is 0 Å². The largest absolute Gasteiger partial charge is 0.393 e. The molecule has 0 aromatic heterocycles. The summed E-state index contributed by atoms with van der Waals surface area (Å²) in [6.07, 6.45) is 2.55. The lowest BCUT2D eigenvalue weighted by molar-refractivity contribution is -0.385. The standard InChI is InChI=1S/C13H17BrN2O3/c14-11-3-2-10(13(6-11)16(18)19)8-15-7-9-1-4-12(17)5-9/h2-3,6,9,12,15,17H,1,4-5,7-8H2. The van der Waals surface area contributed by atoms with Crippen LogP contribution in [0.15, 0.2) is 22.7 Å². The Labute approximate surface area is 120 Å². The number of halogens is 1. The predicted octanol–water partition coefficient (Wildman–Crippen LogP) is 2.61. The van der Waals surface area contributed by atoms with Gasteiger partial charge in [0.15, 0.2) is 0 Å². The Hall–Kier alpha value is -0.980. The van der Waals surface area contributed by atoms with E-state index in [0.717, 1.165) is 25.8 Å². The topological polar surface area (TPSA) is 75.4 Å². The molecule has 104 valence electrons. The summed E-state index contributed by atoms with van der Waals surface area (Å²) in [5, 5.41) is 23.6. The number of aliphatic hydroxyl groups is 1. The van der Waals surface area contributed by atoms with Crippen LogP contribution in [0.4, 0.5) is 5.69 Å². The molecular formula is C13H17BrN2O3. The van der Waals surface area contributed by atoms with Gasteiger partial charge in [-0.25, -0.2) is 0 Å². The Morgan fingerprint density at radius 2 is 2.26 bits per heavy atom. The monoisotopic (exact) mass is 328 g/mol. The molecule has 2 atom stereocenters. The molecule has 19 heavy (non-hydrogen) atoms. The highest BCUT2D eigenvalue weighted by Crippen LogP contribution is 2.26. The minimum Gasteiger partial charge on any atom is -0.393 e. The van der Waals surface area contributed by atoms with Crippen LogP contribution in [0.5, 0.6) is 0 Å². The number of nitrogens with zero attached hydrogens (tertiary/aromatic N) is 1. The van der Waals surface area contributed by atoms with Crippen LogP contribution in [0.1, 0.15) is 24.8 Å².